The minimum absolute atomic E-state index is 0.136. The van der Waals surface area contributed by atoms with Gasteiger partial charge in [-0.25, -0.2) is 18.4 Å². The molecule has 0 aliphatic carbocycles. The Balaban J connectivity index is 1.52. The van der Waals surface area contributed by atoms with Crippen LogP contribution in [0.15, 0.2) is 60.7 Å². The van der Waals surface area contributed by atoms with E-state index in [1.165, 1.54) is 4.90 Å². The first-order valence-corrected chi connectivity index (χ1v) is 14.5. The van der Waals surface area contributed by atoms with Crippen LogP contribution in [0.5, 0.6) is 5.75 Å². The number of hydrogen-bond donors (Lipinski definition) is 2. The molecule has 0 bridgehead atoms. The highest BCUT2D eigenvalue weighted by Gasteiger charge is 2.18. The van der Waals surface area contributed by atoms with Crippen LogP contribution < -0.4 is 10.1 Å². The molecule has 0 spiro atoms. The summed E-state index contributed by atoms with van der Waals surface area (Å²) in [7, 11) is 0. The van der Waals surface area contributed by atoms with Crippen LogP contribution in [0.25, 0.3) is 0 Å². The molecule has 2 N–H and O–H groups in total. The van der Waals surface area contributed by atoms with Gasteiger partial charge in [0.05, 0.1) is 18.8 Å². The number of carbonyl (C=O) groups is 2. The molecule has 3 rings (SSSR count). The average Bonchev–Trinajstić information content (AvgIpc) is 2.95. The number of amides is 2. The molecule has 1 atom stereocenters. The Morgan fingerprint density at radius 2 is 1.65 bits per heavy atom. The van der Waals surface area contributed by atoms with Crippen molar-refractivity contribution >= 4 is 40.9 Å². The smallest absolute Gasteiger partial charge is 0.333 e. The maximum Gasteiger partial charge on any atom is 0.333 e. The van der Waals surface area contributed by atoms with Gasteiger partial charge in [-0.05, 0) is 73.4 Å². The van der Waals surface area contributed by atoms with E-state index in [4.69, 9.17) is 37.4 Å². The van der Waals surface area contributed by atoms with Gasteiger partial charge in [0, 0.05) is 42.3 Å². The molecule has 3 aromatic rings. The van der Waals surface area contributed by atoms with Crippen LogP contribution in [0.3, 0.4) is 0 Å². The maximum atomic E-state index is 14.2. The number of rotatable bonds is 17. The number of carbonyl (C=O) groups excluding carboxylic acids is 1. The molecule has 0 aliphatic rings. The van der Waals surface area contributed by atoms with Crippen LogP contribution in [0.2, 0.25) is 10.0 Å². The maximum absolute atomic E-state index is 14.2. The van der Waals surface area contributed by atoms with Gasteiger partial charge in [0.1, 0.15) is 24.0 Å². The molecule has 1 unspecified atom stereocenters. The predicted octanol–water partition coefficient (Wildman–Crippen LogP) is 7.21. The lowest BCUT2D eigenvalue weighted by molar-refractivity contribution is -0.149. The summed E-state index contributed by atoms with van der Waals surface area (Å²) >= 11 is 12.0. The predicted molar refractivity (Wildman–Crippen MR) is 161 cm³/mol. The lowest BCUT2D eigenvalue weighted by atomic mass is 10.1. The Kier molecular flexibility index (Phi) is 14.0. The van der Waals surface area contributed by atoms with E-state index in [-0.39, 0.29) is 25.3 Å². The normalized spacial score (nSPS) is 11.7. The van der Waals surface area contributed by atoms with Gasteiger partial charge in [-0.1, -0.05) is 35.3 Å². The molecule has 0 fully saturated rings. The second-order valence-electron chi connectivity index (χ2n) is 9.56. The molecule has 2 amide bonds. The number of ether oxygens (including phenoxy) is 3. The number of nitrogens with zero attached hydrogens (tertiary/aromatic N) is 1. The molecule has 0 saturated carbocycles. The van der Waals surface area contributed by atoms with E-state index < -0.39 is 29.7 Å². The van der Waals surface area contributed by atoms with Crippen LogP contribution in [-0.4, -0.2) is 61.0 Å². The number of carboxylic acid groups (broad SMARTS) is 1. The number of carboxylic acids is 1. The SMILES string of the molecule is CCOC(Cc1ccc(OCCN(CCCCOCc2cc(Cl)cc(Cl)c2)C(=O)Nc2ccc(F)cc2F)cc1)C(=O)O. The summed E-state index contributed by atoms with van der Waals surface area (Å²) in [5.41, 5.74) is 1.49. The quantitative estimate of drug-likeness (QED) is 0.152. The third kappa shape index (κ3) is 12.0. The molecule has 232 valence electrons. The molecule has 8 nitrogen and oxygen atoms in total. The van der Waals surface area contributed by atoms with Crippen molar-refractivity contribution in [2.45, 2.75) is 38.9 Å². The first kappa shape index (κ1) is 34.1. The molecule has 0 saturated heterocycles. The summed E-state index contributed by atoms with van der Waals surface area (Å²) in [6.07, 6.45) is 0.517. The lowest BCUT2D eigenvalue weighted by Crippen LogP contribution is -2.38. The summed E-state index contributed by atoms with van der Waals surface area (Å²) in [5, 5.41) is 12.8. The van der Waals surface area contributed by atoms with Crippen molar-refractivity contribution in [2.75, 3.05) is 38.2 Å². The summed E-state index contributed by atoms with van der Waals surface area (Å²) in [5.74, 6) is -2.12. The molecule has 12 heteroatoms. The van der Waals surface area contributed by atoms with E-state index in [1.807, 2.05) is 0 Å². The van der Waals surface area contributed by atoms with Crippen LogP contribution in [0.4, 0.5) is 19.3 Å². The Morgan fingerprint density at radius 1 is 0.930 bits per heavy atom. The van der Waals surface area contributed by atoms with Crippen molar-refractivity contribution in [3.05, 3.63) is 93.5 Å². The van der Waals surface area contributed by atoms with Crippen LogP contribution in [-0.2, 0) is 27.3 Å². The molecular formula is C31H34Cl2F2N2O6. The Morgan fingerprint density at radius 3 is 2.30 bits per heavy atom. The summed E-state index contributed by atoms with van der Waals surface area (Å²) < 4.78 is 44.2. The summed E-state index contributed by atoms with van der Waals surface area (Å²) in [6.45, 7) is 3.45. The Hall–Kier alpha value is -3.44. The standard InChI is InChI=1S/C31H34Cl2F2N2O6/c1-2-42-29(30(38)39)17-21-5-8-26(9-6-21)43-14-12-37(31(40)36-28-10-7-25(34)19-27(28)35)11-3-4-13-41-20-22-15-23(32)18-24(33)16-22/h5-10,15-16,18-19,29H,2-4,11-14,17,20H2,1H3,(H,36,40)(H,38,39). The molecule has 3 aromatic carbocycles. The van der Waals surface area contributed by atoms with E-state index in [2.05, 4.69) is 5.32 Å². The van der Waals surface area contributed by atoms with Gasteiger partial charge in [-0.15, -0.1) is 0 Å². The zero-order valence-electron chi connectivity index (χ0n) is 23.7. The topological polar surface area (TPSA) is 97.3 Å². The Labute approximate surface area is 259 Å². The van der Waals surface area contributed by atoms with E-state index in [9.17, 15) is 23.5 Å². The molecular weight excluding hydrogens is 605 g/mol. The van der Waals surface area contributed by atoms with Gasteiger partial charge >= 0.3 is 12.0 Å². The van der Waals surface area contributed by atoms with E-state index in [1.54, 1.807) is 49.4 Å². The van der Waals surface area contributed by atoms with Crippen molar-refractivity contribution in [1.29, 1.82) is 0 Å². The minimum atomic E-state index is -1.03. The fraction of sp³-hybridized carbons (Fsp3) is 0.355. The minimum Gasteiger partial charge on any atom is -0.492 e. The highest BCUT2D eigenvalue weighted by atomic mass is 35.5. The van der Waals surface area contributed by atoms with E-state index in [0.29, 0.717) is 61.1 Å². The number of halogens is 4. The number of anilines is 1. The largest absolute Gasteiger partial charge is 0.492 e. The third-order valence-electron chi connectivity index (χ3n) is 6.24. The van der Waals surface area contributed by atoms with Crippen molar-refractivity contribution in [3.63, 3.8) is 0 Å². The van der Waals surface area contributed by atoms with Gasteiger partial charge in [-0.2, -0.15) is 0 Å². The van der Waals surface area contributed by atoms with Crippen molar-refractivity contribution in [3.8, 4) is 5.75 Å². The fourth-order valence-electron chi connectivity index (χ4n) is 4.12. The van der Waals surface area contributed by atoms with Crippen LogP contribution >= 0.6 is 23.2 Å². The third-order valence-corrected chi connectivity index (χ3v) is 6.67. The Bertz CT molecular complexity index is 1330. The molecule has 0 heterocycles. The van der Waals surface area contributed by atoms with Crippen LogP contribution in [0, 0.1) is 11.6 Å². The van der Waals surface area contributed by atoms with Gasteiger partial charge in [0.15, 0.2) is 6.10 Å². The first-order chi connectivity index (χ1) is 20.6. The summed E-state index contributed by atoms with van der Waals surface area (Å²) in [6, 6.07) is 14.5. The average molecular weight is 640 g/mol. The highest BCUT2D eigenvalue weighted by molar-refractivity contribution is 6.34. The van der Waals surface area contributed by atoms with Gasteiger partial charge in [-0.3, -0.25) is 0 Å². The molecule has 0 radical (unpaired) electrons. The number of hydrogen-bond acceptors (Lipinski definition) is 5. The summed E-state index contributed by atoms with van der Waals surface area (Å²) in [4.78, 5) is 25.8. The number of benzene rings is 3. The highest BCUT2D eigenvalue weighted by Crippen LogP contribution is 2.20. The first-order valence-electron chi connectivity index (χ1n) is 13.7. The number of aliphatic carboxylic acids is 1. The lowest BCUT2D eigenvalue weighted by Gasteiger charge is -2.23. The number of nitrogens with one attached hydrogen (secondary N) is 1. The van der Waals surface area contributed by atoms with Crippen molar-refractivity contribution < 1.29 is 37.7 Å². The van der Waals surface area contributed by atoms with Gasteiger partial charge < -0.3 is 29.5 Å². The van der Waals surface area contributed by atoms with Crippen LogP contribution in [0.1, 0.15) is 30.9 Å². The van der Waals surface area contributed by atoms with E-state index >= 15 is 0 Å². The fourth-order valence-corrected chi connectivity index (χ4v) is 4.69. The second kappa shape index (κ2) is 17.6. The molecule has 43 heavy (non-hydrogen) atoms. The zero-order chi connectivity index (χ0) is 31.2. The molecule has 0 aliphatic heterocycles. The van der Waals surface area contributed by atoms with Gasteiger partial charge in [0.2, 0.25) is 0 Å². The molecule has 0 aromatic heterocycles. The number of unbranched alkanes of at least 4 members (excludes halogenated alkanes) is 1. The number of urea groups is 1. The monoisotopic (exact) mass is 638 g/mol. The van der Waals surface area contributed by atoms with E-state index in [0.717, 1.165) is 23.3 Å². The van der Waals surface area contributed by atoms with Gasteiger partial charge in [0.25, 0.3) is 0 Å². The van der Waals surface area contributed by atoms with Crippen molar-refractivity contribution in [2.24, 2.45) is 0 Å². The van der Waals surface area contributed by atoms with Crippen molar-refractivity contribution in [1.82, 2.24) is 4.90 Å². The zero-order valence-corrected chi connectivity index (χ0v) is 25.2. The second-order valence-corrected chi connectivity index (χ2v) is 10.4.